The normalized spacial score (nSPS) is 11.3. The van der Waals surface area contributed by atoms with E-state index in [0.29, 0.717) is 18.1 Å². The van der Waals surface area contributed by atoms with Crippen LogP contribution in [-0.2, 0) is 16.8 Å². The number of carbonyl (C=O) groups excluding carboxylic acids is 1. The predicted molar refractivity (Wildman–Crippen MR) is 112 cm³/mol. The largest absolute Gasteiger partial charge is 0.488 e. The van der Waals surface area contributed by atoms with Crippen molar-refractivity contribution in [2.45, 2.75) is 46.6 Å². The maximum absolute atomic E-state index is 12.0. The van der Waals surface area contributed by atoms with E-state index in [0.717, 1.165) is 16.7 Å². The average molecular weight is 393 g/mol. The number of aryl methyl sites for hydroxylation is 1. The monoisotopic (exact) mass is 393 g/mol. The molecule has 5 heteroatoms. The summed E-state index contributed by atoms with van der Waals surface area (Å²) in [6.07, 6.45) is 0. The predicted octanol–water partition coefficient (Wildman–Crippen LogP) is 5.70. The van der Waals surface area contributed by atoms with E-state index in [-0.39, 0.29) is 17.7 Å². The van der Waals surface area contributed by atoms with Crippen molar-refractivity contribution in [2.75, 3.05) is 6.61 Å². The SMILES string of the molecule is CCOC(=O)c1cc(-c2cc(C(C)(C)C)c(C)cc2OCc2ccccc2)on1. The Morgan fingerprint density at radius 2 is 1.83 bits per heavy atom. The first kappa shape index (κ1) is 20.6. The first-order valence-electron chi connectivity index (χ1n) is 9.75. The summed E-state index contributed by atoms with van der Waals surface area (Å²) < 4.78 is 16.6. The first-order valence-corrected chi connectivity index (χ1v) is 9.75. The van der Waals surface area contributed by atoms with E-state index in [1.54, 1.807) is 13.0 Å². The summed E-state index contributed by atoms with van der Waals surface area (Å²) in [6.45, 7) is 11.0. The van der Waals surface area contributed by atoms with Gasteiger partial charge in [0.2, 0.25) is 0 Å². The molecule has 0 bridgehead atoms. The van der Waals surface area contributed by atoms with Crippen LogP contribution in [0.5, 0.6) is 5.75 Å². The number of hydrogen-bond acceptors (Lipinski definition) is 5. The molecule has 0 aliphatic carbocycles. The molecule has 0 saturated carbocycles. The summed E-state index contributed by atoms with van der Waals surface area (Å²) in [6, 6.07) is 15.7. The molecule has 0 unspecified atom stereocenters. The lowest BCUT2D eigenvalue weighted by molar-refractivity contribution is 0.0514. The molecule has 1 aromatic heterocycles. The Morgan fingerprint density at radius 3 is 2.48 bits per heavy atom. The molecule has 0 spiro atoms. The minimum absolute atomic E-state index is 0.0548. The van der Waals surface area contributed by atoms with Gasteiger partial charge in [-0.2, -0.15) is 0 Å². The van der Waals surface area contributed by atoms with Crippen LogP contribution in [0.2, 0.25) is 0 Å². The summed E-state index contributed by atoms with van der Waals surface area (Å²) in [5.74, 6) is 0.657. The van der Waals surface area contributed by atoms with Crippen LogP contribution in [-0.4, -0.2) is 17.7 Å². The first-order chi connectivity index (χ1) is 13.8. The van der Waals surface area contributed by atoms with Gasteiger partial charge in [-0.3, -0.25) is 0 Å². The van der Waals surface area contributed by atoms with Crippen molar-refractivity contribution in [1.29, 1.82) is 0 Å². The van der Waals surface area contributed by atoms with Gasteiger partial charge in [0, 0.05) is 6.07 Å². The van der Waals surface area contributed by atoms with Gasteiger partial charge in [0.1, 0.15) is 12.4 Å². The van der Waals surface area contributed by atoms with Crippen LogP contribution in [0.3, 0.4) is 0 Å². The standard InChI is InChI=1S/C24H27NO4/c1-6-27-23(26)20-14-22(29-25-20)18-13-19(24(3,4)5)16(2)12-21(18)28-15-17-10-8-7-9-11-17/h7-14H,6,15H2,1-5H3. The minimum Gasteiger partial charge on any atom is -0.488 e. The summed E-state index contributed by atoms with van der Waals surface area (Å²) in [4.78, 5) is 12.0. The molecule has 0 aliphatic heterocycles. The smallest absolute Gasteiger partial charge is 0.360 e. The third kappa shape index (κ3) is 4.86. The Bertz CT molecular complexity index is 984. The van der Waals surface area contributed by atoms with Gasteiger partial charge in [-0.25, -0.2) is 4.79 Å². The van der Waals surface area contributed by atoms with Crippen molar-refractivity contribution in [3.63, 3.8) is 0 Å². The quantitative estimate of drug-likeness (QED) is 0.503. The second-order valence-electron chi connectivity index (χ2n) is 7.98. The summed E-state index contributed by atoms with van der Waals surface area (Å²) in [5.41, 5.74) is 4.23. The molecule has 3 rings (SSSR count). The molecule has 0 radical (unpaired) electrons. The van der Waals surface area contributed by atoms with Crippen molar-refractivity contribution < 1.29 is 18.8 Å². The van der Waals surface area contributed by atoms with Gasteiger partial charge >= 0.3 is 5.97 Å². The third-order valence-electron chi connectivity index (χ3n) is 4.63. The van der Waals surface area contributed by atoms with E-state index in [4.69, 9.17) is 14.0 Å². The molecular weight excluding hydrogens is 366 g/mol. The van der Waals surface area contributed by atoms with E-state index in [1.165, 1.54) is 5.56 Å². The van der Waals surface area contributed by atoms with Crippen molar-refractivity contribution in [1.82, 2.24) is 5.16 Å². The van der Waals surface area contributed by atoms with Crippen LogP contribution >= 0.6 is 0 Å². The Labute approximate surface area is 171 Å². The number of ether oxygens (including phenoxy) is 2. The highest BCUT2D eigenvalue weighted by atomic mass is 16.5. The molecule has 0 N–H and O–H groups in total. The van der Waals surface area contributed by atoms with Crippen LogP contribution in [0.4, 0.5) is 0 Å². The number of carbonyl (C=O) groups is 1. The highest BCUT2D eigenvalue weighted by Crippen LogP contribution is 2.38. The van der Waals surface area contributed by atoms with Gasteiger partial charge in [0.05, 0.1) is 12.2 Å². The summed E-state index contributed by atoms with van der Waals surface area (Å²) in [7, 11) is 0. The number of nitrogens with zero attached hydrogens (tertiary/aromatic N) is 1. The molecule has 1 heterocycles. The van der Waals surface area contributed by atoms with Gasteiger partial charge in [-0.15, -0.1) is 0 Å². The van der Waals surface area contributed by atoms with Gasteiger partial charge in [0.15, 0.2) is 11.5 Å². The fourth-order valence-electron chi connectivity index (χ4n) is 3.24. The lowest BCUT2D eigenvalue weighted by Crippen LogP contribution is -2.13. The van der Waals surface area contributed by atoms with Gasteiger partial charge in [0.25, 0.3) is 0 Å². The van der Waals surface area contributed by atoms with Crippen LogP contribution in [0.15, 0.2) is 53.1 Å². The molecule has 0 saturated heterocycles. The molecule has 152 valence electrons. The second-order valence-corrected chi connectivity index (χ2v) is 7.98. The van der Waals surface area contributed by atoms with Crippen LogP contribution < -0.4 is 4.74 Å². The van der Waals surface area contributed by atoms with E-state index >= 15 is 0 Å². The zero-order valence-electron chi connectivity index (χ0n) is 17.6. The molecule has 0 fully saturated rings. The summed E-state index contributed by atoms with van der Waals surface area (Å²) in [5, 5.41) is 3.88. The van der Waals surface area contributed by atoms with Crippen molar-refractivity contribution in [2.24, 2.45) is 0 Å². The average Bonchev–Trinajstić information content (AvgIpc) is 3.16. The second kappa shape index (κ2) is 8.52. The molecule has 2 aromatic carbocycles. The number of rotatable bonds is 6. The maximum atomic E-state index is 12.0. The molecule has 29 heavy (non-hydrogen) atoms. The molecular formula is C24H27NO4. The molecule has 5 nitrogen and oxygen atoms in total. The van der Waals surface area contributed by atoms with Crippen LogP contribution in [0.1, 0.15) is 54.9 Å². The Morgan fingerprint density at radius 1 is 1.10 bits per heavy atom. The van der Waals surface area contributed by atoms with Crippen molar-refractivity contribution in [3.05, 3.63) is 70.9 Å². The summed E-state index contributed by atoms with van der Waals surface area (Å²) >= 11 is 0. The Hall–Kier alpha value is -3.08. The highest BCUT2D eigenvalue weighted by Gasteiger charge is 2.23. The van der Waals surface area contributed by atoms with Crippen molar-refractivity contribution >= 4 is 5.97 Å². The van der Waals surface area contributed by atoms with Gasteiger partial charge in [-0.05, 0) is 48.1 Å². The van der Waals surface area contributed by atoms with Crippen LogP contribution in [0, 0.1) is 6.92 Å². The van der Waals surface area contributed by atoms with Gasteiger partial charge in [-0.1, -0.05) is 56.3 Å². The maximum Gasteiger partial charge on any atom is 0.360 e. The van der Waals surface area contributed by atoms with E-state index in [1.807, 2.05) is 36.4 Å². The highest BCUT2D eigenvalue weighted by molar-refractivity contribution is 5.88. The molecule has 3 aromatic rings. The Kier molecular flexibility index (Phi) is 6.06. The van der Waals surface area contributed by atoms with Crippen molar-refractivity contribution in [3.8, 4) is 17.1 Å². The van der Waals surface area contributed by atoms with E-state index < -0.39 is 5.97 Å². The molecule has 0 aliphatic rings. The lowest BCUT2D eigenvalue weighted by atomic mass is 9.82. The number of esters is 1. The topological polar surface area (TPSA) is 61.6 Å². The zero-order valence-corrected chi connectivity index (χ0v) is 17.6. The number of benzene rings is 2. The zero-order chi connectivity index (χ0) is 21.0. The fraction of sp³-hybridized carbons (Fsp3) is 0.333. The van der Waals surface area contributed by atoms with E-state index in [2.05, 4.69) is 38.9 Å². The number of hydrogen-bond donors (Lipinski definition) is 0. The fourth-order valence-corrected chi connectivity index (χ4v) is 3.24. The molecule has 0 atom stereocenters. The lowest BCUT2D eigenvalue weighted by Gasteiger charge is -2.23. The minimum atomic E-state index is -0.502. The number of aromatic nitrogens is 1. The van der Waals surface area contributed by atoms with Crippen LogP contribution in [0.25, 0.3) is 11.3 Å². The van der Waals surface area contributed by atoms with Gasteiger partial charge < -0.3 is 14.0 Å². The Balaban J connectivity index is 2.01. The molecule has 0 amide bonds. The van der Waals surface area contributed by atoms with E-state index in [9.17, 15) is 4.79 Å². The third-order valence-corrected chi connectivity index (χ3v) is 4.63.